The average Bonchev–Trinajstić information content (AvgIpc) is 3.11. The van der Waals surface area contributed by atoms with Crippen molar-refractivity contribution in [3.05, 3.63) is 136 Å². The third-order valence-electron chi connectivity index (χ3n) is 11.0. The van der Waals surface area contributed by atoms with Gasteiger partial charge in [-0.25, -0.2) is 0 Å². The highest BCUT2D eigenvalue weighted by molar-refractivity contribution is 6.09. The molecule has 5 aromatic rings. The number of nitrogens with one attached hydrogen (secondary N) is 1. The van der Waals surface area contributed by atoms with Gasteiger partial charge in [-0.1, -0.05) is 98.8 Å². The zero-order valence-corrected chi connectivity index (χ0v) is 27.6. The van der Waals surface area contributed by atoms with E-state index < -0.39 is 5.60 Å². The van der Waals surface area contributed by atoms with E-state index in [1.54, 1.807) is 0 Å². The van der Waals surface area contributed by atoms with Crippen LogP contribution >= 0.6 is 0 Å². The predicted octanol–water partition coefficient (Wildman–Crippen LogP) is 10.3. The first-order valence-corrected chi connectivity index (χ1v) is 17.4. The third-order valence-corrected chi connectivity index (χ3v) is 11.0. The van der Waals surface area contributed by atoms with Crippen molar-refractivity contribution in [3.8, 4) is 16.9 Å². The summed E-state index contributed by atoms with van der Waals surface area (Å²) in [7, 11) is 0. The molecule has 0 saturated carbocycles. The molecule has 1 aliphatic carbocycles. The lowest BCUT2D eigenvalue weighted by atomic mass is 9.65. The summed E-state index contributed by atoms with van der Waals surface area (Å²) in [4.78, 5) is 2.40. The SMILES string of the molecule is CCC1c2cccc3c2-c2c(c4c(c5cccc(c25)CNC3)OC(c2ccccc2)(c2ccc(N(CC)CC)cc2)C=C4)C1CC. The lowest BCUT2D eigenvalue weighted by Crippen LogP contribution is -2.35. The number of fused-ring (bicyclic) bond motifs is 3. The second kappa shape index (κ2) is 11.5. The highest BCUT2D eigenvalue weighted by Crippen LogP contribution is 2.59. The summed E-state index contributed by atoms with van der Waals surface area (Å²) in [6.07, 6.45) is 6.98. The van der Waals surface area contributed by atoms with Gasteiger partial charge in [0.15, 0.2) is 5.60 Å². The molecule has 2 aliphatic heterocycles. The second-order valence-corrected chi connectivity index (χ2v) is 13.1. The second-order valence-electron chi connectivity index (χ2n) is 13.1. The summed E-state index contributed by atoms with van der Waals surface area (Å²) in [5.41, 5.74) is 12.7. The lowest BCUT2D eigenvalue weighted by Gasteiger charge is -2.42. The van der Waals surface area contributed by atoms with Gasteiger partial charge in [-0.3, -0.25) is 0 Å². The summed E-state index contributed by atoms with van der Waals surface area (Å²) in [5.74, 6) is 1.92. The van der Waals surface area contributed by atoms with Gasteiger partial charge in [-0.05, 0) is 95.5 Å². The first-order valence-electron chi connectivity index (χ1n) is 17.4. The Morgan fingerprint density at radius 2 is 1.41 bits per heavy atom. The van der Waals surface area contributed by atoms with Gasteiger partial charge in [0.05, 0.1) is 0 Å². The molecule has 0 amide bonds. The lowest BCUT2D eigenvalue weighted by molar-refractivity contribution is 0.163. The van der Waals surface area contributed by atoms with Gasteiger partial charge in [0.25, 0.3) is 0 Å². The monoisotopic (exact) mass is 604 g/mol. The molecule has 5 aromatic carbocycles. The summed E-state index contributed by atoms with van der Waals surface area (Å²) in [6, 6.07) is 33.7. The Kier molecular flexibility index (Phi) is 7.26. The van der Waals surface area contributed by atoms with E-state index in [1.807, 2.05) is 0 Å². The van der Waals surface area contributed by atoms with Gasteiger partial charge in [0.1, 0.15) is 5.75 Å². The molecular formula is C43H44N2O. The first-order chi connectivity index (χ1) is 22.6. The Balaban J connectivity index is 1.43. The Hall–Kier alpha value is -4.34. The minimum atomic E-state index is -0.744. The Morgan fingerprint density at radius 1 is 0.717 bits per heavy atom. The van der Waals surface area contributed by atoms with E-state index in [2.05, 4.69) is 141 Å². The van der Waals surface area contributed by atoms with Crippen molar-refractivity contribution in [2.75, 3.05) is 18.0 Å². The van der Waals surface area contributed by atoms with Crippen LogP contribution < -0.4 is 15.0 Å². The fraction of sp³-hybridized carbons (Fsp3) is 0.302. The van der Waals surface area contributed by atoms with E-state index in [4.69, 9.17) is 4.74 Å². The Bertz CT molecular complexity index is 1950. The molecule has 2 heterocycles. The summed E-state index contributed by atoms with van der Waals surface area (Å²) in [6.45, 7) is 12.9. The Morgan fingerprint density at radius 3 is 2.15 bits per heavy atom. The van der Waals surface area contributed by atoms with Gasteiger partial charge in [0, 0.05) is 53.9 Å². The van der Waals surface area contributed by atoms with E-state index in [1.165, 1.54) is 55.4 Å². The summed E-state index contributed by atoms with van der Waals surface area (Å²) < 4.78 is 7.60. The molecule has 232 valence electrons. The molecule has 3 nitrogen and oxygen atoms in total. The van der Waals surface area contributed by atoms with E-state index >= 15 is 0 Å². The summed E-state index contributed by atoms with van der Waals surface area (Å²) in [5, 5.41) is 6.36. The van der Waals surface area contributed by atoms with Crippen LogP contribution in [-0.2, 0) is 18.7 Å². The summed E-state index contributed by atoms with van der Waals surface area (Å²) >= 11 is 0. The van der Waals surface area contributed by atoms with Crippen molar-refractivity contribution >= 4 is 22.5 Å². The van der Waals surface area contributed by atoms with Gasteiger partial charge in [-0.15, -0.1) is 0 Å². The number of hydrogen-bond donors (Lipinski definition) is 1. The van der Waals surface area contributed by atoms with Crippen LogP contribution in [0.5, 0.6) is 5.75 Å². The van der Waals surface area contributed by atoms with Crippen LogP contribution in [-0.4, -0.2) is 13.1 Å². The largest absolute Gasteiger partial charge is 0.472 e. The van der Waals surface area contributed by atoms with E-state index in [0.29, 0.717) is 11.8 Å². The molecule has 0 aromatic heterocycles. The Labute approximate surface area is 273 Å². The third kappa shape index (κ3) is 4.21. The smallest absolute Gasteiger partial charge is 0.178 e. The van der Waals surface area contributed by atoms with Crippen molar-refractivity contribution in [1.29, 1.82) is 0 Å². The fourth-order valence-electron chi connectivity index (χ4n) is 8.88. The molecule has 0 bridgehead atoms. The average molecular weight is 605 g/mol. The van der Waals surface area contributed by atoms with Crippen LogP contribution in [0.15, 0.2) is 97.1 Å². The molecule has 3 atom stereocenters. The van der Waals surface area contributed by atoms with Gasteiger partial charge in [-0.2, -0.15) is 0 Å². The van der Waals surface area contributed by atoms with Crippen LogP contribution in [0.3, 0.4) is 0 Å². The van der Waals surface area contributed by atoms with E-state index in [0.717, 1.165) is 55.9 Å². The molecule has 3 unspecified atom stereocenters. The van der Waals surface area contributed by atoms with Gasteiger partial charge < -0.3 is 15.0 Å². The molecule has 0 spiro atoms. The maximum atomic E-state index is 7.60. The van der Waals surface area contributed by atoms with E-state index in [9.17, 15) is 0 Å². The maximum Gasteiger partial charge on any atom is 0.178 e. The zero-order chi connectivity index (χ0) is 31.4. The highest BCUT2D eigenvalue weighted by Gasteiger charge is 2.43. The number of benzene rings is 5. The standard InChI is InChI=1S/C43H44N2O/c1-5-33-34(6-2)40-37-24-25-43(30-16-10-9-11-17-30,31-20-22-32(23-21-31)45(7-3)8-4)46-42(37)36-19-13-15-29-27-44-26-28-14-12-18-35(33)38(28)41(40)39(29)36/h9-25,33-34,44H,5-8,26-27H2,1-4H3. The molecular weight excluding hydrogens is 560 g/mol. The van der Waals surface area contributed by atoms with Crippen LogP contribution in [0, 0.1) is 0 Å². The highest BCUT2D eigenvalue weighted by atomic mass is 16.5. The zero-order valence-electron chi connectivity index (χ0n) is 27.6. The maximum absolute atomic E-state index is 7.60. The quantitative estimate of drug-likeness (QED) is 0.200. The molecule has 0 fully saturated rings. The van der Waals surface area contributed by atoms with Crippen LogP contribution in [0.25, 0.3) is 28.0 Å². The van der Waals surface area contributed by atoms with E-state index in [-0.39, 0.29) is 0 Å². The van der Waals surface area contributed by atoms with Crippen molar-refractivity contribution in [2.24, 2.45) is 0 Å². The normalized spacial score (nSPS) is 20.9. The number of hydrogen-bond acceptors (Lipinski definition) is 3. The van der Waals surface area contributed by atoms with Crippen molar-refractivity contribution < 1.29 is 4.74 Å². The van der Waals surface area contributed by atoms with Crippen molar-refractivity contribution in [3.63, 3.8) is 0 Å². The molecule has 1 N–H and O–H groups in total. The topological polar surface area (TPSA) is 24.5 Å². The fourth-order valence-corrected chi connectivity index (χ4v) is 8.88. The minimum absolute atomic E-state index is 0.423. The first kappa shape index (κ1) is 29.1. The number of rotatable bonds is 7. The van der Waals surface area contributed by atoms with Gasteiger partial charge in [0.2, 0.25) is 0 Å². The molecule has 8 rings (SSSR count). The molecule has 46 heavy (non-hydrogen) atoms. The van der Waals surface area contributed by atoms with Crippen LogP contribution in [0.1, 0.15) is 91.3 Å². The number of anilines is 1. The van der Waals surface area contributed by atoms with Crippen molar-refractivity contribution in [2.45, 2.75) is 71.1 Å². The number of nitrogens with zero attached hydrogens (tertiary/aromatic N) is 1. The van der Waals surface area contributed by atoms with Gasteiger partial charge >= 0.3 is 0 Å². The molecule has 3 heteroatoms. The molecule has 0 saturated heterocycles. The molecule has 0 radical (unpaired) electrons. The van der Waals surface area contributed by atoms with Crippen molar-refractivity contribution in [1.82, 2.24) is 5.32 Å². The van der Waals surface area contributed by atoms with Crippen LogP contribution in [0.2, 0.25) is 0 Å². The molecule has 3 aliphatic rings. The number of ether oxygens (including phenoxy) is 1. The van der Waals surface area contributed by atoms with Crippen LogP contribution in [0.4, 0.5) is 5.69 Å². The predicted molar refractivity (Wildman–Crippen MR) is 193 cm³/mol. The minimum Gasteiger partial charge on any atom is -0.472 e.